The Balaban J connectivity index is 2.27. The fourth-order valence-corrected chi connectivity index (χ4v) is 2.31. The summed E-state index contributed by atoms with van der Waals surface area (Å²) in [5, 5.41) is 9.73. The molecule has 0 aliphatic rings. The molecule has 1 heterocycles. The fraction of sp³-hybridized carbons (Fsp3) is 0.231. The van der Waals surface area contributed by atoms with Gasteiger partial charge in [-0.15, -0.1) is 0 Å². The second-order valence-electron chi connectivity index (χ2n) is 4.22. The number of halogens is 1. The number of aromatic amines is 1. The highest BCUT2D eigenvalue weighted by molar-refractivity contribution is 9.10. The van der Waals surface area contributed by atoms with Crippen molar-refractivity contribution in [3.63, 3.8) is 0 Å². The predicted molar refractivity (Wildman–Crippen MR) is 74.9 cm³/mol. The Kier molecular flexibility index (Phi) is 3.52. The number of carbonyl (C=O) groups excluding carboxylic acids is 1. The largest absolute Gasteiger partial charge is 0.322 e. The number of hydrogen-bond donors (Lipinski definition) is 2. The van der Waals surface area contributed by atoms with E-state index in [1.165, 1.54) is 0 Å². The maximum atomic E-state index is 12.2. The van der Waals surface area contributed by atoms with E-state index in [9.17, 15) is 4.79 Å². The molecule has 0 radical (unpaired) electrons. The van der Waals surface area contributed by atoms with Crippen molar-refractivity contribution in [3.05, 3.63) is 45.2 Å². The average molecular weight is 308 g/mol. The molecule has 0 aliphatic heterocycles. The number of aromatic nitrogens is 2. The molecular formula is C13H14BrN3O. The summed E-state index contributed by atoms with van der Waals surface area (Å²) in [6.07, 6.45) is 0. The first-order valence-corrected chi connectivity index (χ1v) is 6.37. The topological polar surface area (TPSA) is 57.8 Å². The fourth-order valence-electron chi connectivity index (χ4n) is 1.84. The van der Waals surface area contributed by atoms with E-state index in [1.54, 1.807) is 0 Å². The van der Waals surface area contributed by atoms with E-state index < -0.39 is 0 Å². The van der Waals surface area contributed by atoms with Crippen LogP contribution in [0.15, 0.2) is 22.7 Å². The quantitative estimate of drug-likeness (QED) is 0.894. The Morgan fingerprint density at radius 1 is 1.33 bits per heavy atom. The van der Waals surface area contributed by atoms with Gasteiger partial charge in [-0.3, -0.25) is 9.89 Å². The van der Waals surface area contributed by atoms with E-state index in [1.807, 2.05) is 39.0 Å². The molecule has 0 spiro atoms. The lowest BCUT2D eigenvalue weighted by Gasteiger charge is -2.08. The number of anilines is 1. The molecule has 1 aromatic carbocycles. The zero-order valence-electron chi connectivity index (χ0n) is 10.5. The molecule has 4 nitrogen and oxygen atoms in total. The van der Waals surface area contributed by atoms with Crippen LogP contribution < -0.4 is 5.32 Å². The number of aryl methyl sites for hydroxylation is 3. The van der Waals surface area contributed by atoms with Gasteiger partial charge in [0, 0.05) is 15.9 Å². The third kappa shape index (κ3) is 2.46. The van der Waals surface area contributed by atoms with Gasteiger partial charge in [0.1, 0.15) is 0 Å². The van der Waals surface area contributed by atoms with Crippen LogP contribution in [0.25, 0.3) is 0 Å². The van der Waals surface area contributed by atoms with Crippen molar-refractivity contribution in [1.82, 2.24) is 10.2 Å². The highest BCUT2D eigenvalue weighted by atomic mass is 79.9. The Morgan fingerprint density at radius 3 is 2.61 bits per heavy atom. The average Bonchev–Trinajstić information content (AvgIpc) is 2.62. The Hall–Kier alpha value is -1.62. The zero-order valence-corrected chi connectivity index (χ0v) is 12.1. The molecule has 2 aromatic rings. The van der Waals surface area contributed by atoms with Crippen molar-refractivity contribution in [2.24, 2.45) is 0 Å². The molecular weight excluding hydrogens is 294 g/mol. The molecule has 1 amide bonds. The summed E-state index contributed by atoms with van der Waals surface area (Å²) in [6, 6.07) is 5.74. The maximum Gasteiger partial charge on any atom is 0.259 e. The van der Waals surface area contributed by atoms with Crippen molar-refractivity contribution >= 4 is 27.5 Å². The van der Waals surface area contributed by atoms with Gasteiger partial charge in [-0.05, 0) is 44.5 Å². The number of nitrogens with zero attached hydrogens (tertiary/aromatic N) is 1. The van der Waals surface area contributed by atoms with Crippen LogP contribution in [-0.2, 0) is 0 Å². The van der Waals surface area contributed by atoms with Gasteiger partial charge >= 0.3 is 0 Å². The monoisotopic (exact) mass is 307 g/mol. The van der Waals surface area contributed by atoms with E-state index in [0.29, 0.717) is 11.3 Å². The molecule has 2 rings (SSSR count). The summed E-state index contributed by atoms with van der Waals surface area (Å²) in [6.45, 7) is 5.60. The number of nitrogens with one attached hydrogen (secondary N) is 2. The number of rotatable bonds is 2. The minimum atomic E-state index is -0.135. The number of carbonyl (C=O) groups is 1. The minimum Gasteiger partial charge on any atom is -0.322 e. The van der Waals surface area contributed by atoms with Gasteiger partial charge in [0.2, 0.25) is 0 Å². The van der Waals surface area contributed by atoms with Crippen LogP contribution in [-0.4, -0.2) is 16.1 Å². The van der Waals surface area contributed by atoms with Crippen molar-refractivity contribution in [3.8, 4) is 0 Å². The second kappa shape index (κ2) is 4.94. The van der Waals surface area contributed by atoms with Gasteiger partial charge < -0.3 is 5.32 Å². The Bertz CT molecular complexity index is 585. The van der Waals surface area contributed by atoms with Gasteiger partial charge in [0.05, 0.1) is 11.3 Å². The van der Waals surface area contributed by atoms with Gasteiger partial charge in [0.15, 0.2) is 0 Å². The van der Waals surface area contributed by atoms with Gasteiger partial charge in [0.25, 0.3) is 5.91 Å². The molecule has 5 heteroatoms. The molecule has 1 aromatic heterocycles. The van der Waals surface area contributed by atoms with Crippen LogP contribution >= 0.6 is 15.9 Å². The molecule has 94 valence electrons. The zero-order chi connectivity index (χ0) is 13.3. The number of hydrogen-bond acceptors (Lipinski definition) is 2. The molecule has 0 saturated carbocycles. The minimum absolute atomic E-state index is 0.135. The normalized spacial score (nSPS) is 10.4. The van der Waals surface area contributed by atoms with Crippen LogP contribution in [0.5, 0.6) is 0 Å². The summed E-state index contributed by atoms with van der Waals surface area (Å²) in [5.74, 6) is -0.135. The molecule has 0 bridgehead atoms. The Morgan fingerprint density at radius 2 is 2.06 bits per heavy atom. The molecule has 18 heavy (non-hydrogen) atoms. The first kappa shape index (κ1) is 12.8. The molecule has 0 saturated heterocycles. The summed E-state index contributed by atoms with van der Waals surface area (Å²) in [4.78, 5) is 12.2. The highest BCUT2D eigenvalue weighted by Gasteiger charge is 2.15. The second-order valence-corrected chi connectivity index (χ2v) is 5.14. The lowest BCUT2D eigenvalue weighted by molar-refractivity contribution is 0.102. The molecule has 2 N–H and O–H groups in total. The highest BCUT2D eigenvalue weighted by Crippen LogP contribution is 2.21. The van der Waals surface area contributed by atoms with Crippen LogP contribution in [0.4, 0.5) is 5.69 Å². The lowest BCUT2D eigenvalue weighted by Crippen LogP contribution is -2.14. The number of benzene rings is 1. The summed E-state index contributed by atoms with van der Waals surface area (Å²) >= 11 is 3.40. The van der Waals surface area contributed by atoms with Gasteiger partial charge in [-0.2, -0.15) is 5.10 Å². The van der Waals surface area contributed by atoms with Crippen LogP contribution in [0.3, 0.4) is 0 Å². The van der Waals surface area contributed by atoms with Gasteiger partial charge in [-0.25, -0.2) is 0 Å². The number of H-pyrrole nitrogens is 1. The summed E-state index contributed by atoms with van der Waals surface area (Å²) < 4.78 is 0.994. The Labute approximate surface area is 114 Å². The van der Waals surface area contributed by atoms with Crippen LogP contribution in [0, 0.1) is 20.8 Å². The van der Waals surface area contributed by atoms with Gasteiger partial charge in [-0.1, -0.05) is 15.9 Å². The number of amides is 1. The van der Waals surface area contributed by atoms with E-state index >= 15 is 0 Å². The summed E-state index contributed by atoms with van der Waals surface area (Å²) in [7, 11) is 0. The molecule has 0 aliphatic carbocycles. The predicted octanol–water partition coefficient (Wildman–Crippen LogP) is 3.35. The molecule has 0 atom stereocenters. The van der Waals surface area contributed by atoms with Crippen molar-refractivity contribution in [2.75, 3.05) is 5.32 Å². The lowest BCUT2D eigenvalue weighted by atomic mass is 10.1. The molecule has 0 unspecified atom stereocenters. The first-order valence-electron chi connectivity index (χ1n) is 5.58. The molecule has 0 fully saturated rings. The van der Waals surface area contributed by atoms with Crippen molar-refractivity contribution in [1.29, 1.82) is 0 Å². The smallest absolute Gasteiger partial charge is 0.259 e. The third-order valence-electron chi connectivity index (χ3n) is 2.79. The summed E-state index contributed by atoms with van der Waals surface area (Å²) in [5.41, 5.74) is 3.91. The standard InChI is InChI=1S/C13H14BrN3O/c1-7-6-10(14)4-5-11(7)15-13(18)12-8(2)16-17-9(12)3/h4-6H,1-3H3,(H,15,18)(H,16,17). The van der Waals surface area contributed by atoms with E-state index in [4.69, 9.17) is 0 Å². The van der Waals surface area contributed by atoms with E-state index in [2.05, 4.69) is 31.4 Å². The van der Waals surface area contributed by atoms with Crippen molar-refractivity contribution < 1.29 is 4.79 Å². The maximum absolute atomic E-state index is 12.2. The van der Waals surface area contributed by atoms with Crippen LogP contribution in [0.1, 0.15) is 27.3 Å². The van der Waals surface area contributed by atoms with Crippen molar-refractivity contribution in [2.45, 2.75) is 20.8 Å². The van der Waals surface area contributed by atoms with E-state index in [-0.39, 0.29) is 5.91 Å². The SMILES string of the molecule is Cc1cc(Br)ccc1NC(=O)c1c(C)n[nH]c1C. The third-order valence-corrected chi connectivity index (χ3v) is 3.29. The van der Waals surface area contributed by atoms with E-state index in [0.717, 1.165) is 21.4 Å². The first-order chi connectivity index (χ1) is 8.49. The van der Waals surface area contributed by atoms with Crippen LogP contribution in [0.2, 0.25) is 0 Å².